The molecule has 1 aliphatic heterocycles. The van der Waals surface area contributed by atoms with E-state index in [4.69, 9.17) is 0 Å². The first-order chi connectivity index (χ1) is 7.63. The van der Waals surface area contributed by atoms with Crippen molar-refractivity contribution >= 4 is 0 Å². The number of rotatable bonds is 6. The minimum atomic E-state index is 0.0338. The smallest absolute Gasteiger partial charge is 0.0497 e. The predicted octanol–water partition coefficient (Wildman–Crippen LogP) is 1.49. The molecule has 0 saturated carbocycles. The van der Waals surface area contributed by atoms with E-state index >= 15 is 0 Å². The quantitative estimate of drug-likeness (QED) is 0.725. The maximum absolute atomic E-state index is 9.49. The molecular weight excluding hydrogens is 202 g/mol. The maximum atomic E-state index is 9.49. The Labute approximate surface area is 99.5 Å². The standard InChI is InChI=1S/C13H27NO2/c1-3-6-13(2,11-16)10-14-7-4-5-12(8-14)9-15/h12,15-16H,3-11H2,1-2H3. The Morgan fingerprint density at radius 2 is 2.12 bits per heavy atom. The third kappa shape index (κ3) is 4.04. The van der Waals surface area contributed by atoms with Crippen LogP contribution >= 0.6 is 0 Å². The molecule has 0 spiro atoms. The summed E-state index contributed by atoms with van der Waals surface area (Å²) in [6.45, 7) is 7.99. The molecule has 0 aromatic rings. The molecule has 3 nitrogen and oxygen atoms in total. The van der Waals surface area contributed by atoms with Crippen molar-refractivity contribution in [1.82, 2.24) is 4.90 Å². The van der Waals surface area contributed by atoms with Gasteiger partial charge in [0.05, 0.1) is 0 Å². The van der Waals surface area contributed by atoms with Crippen LogP contribution in [0, 0.1) is 11.3 Å². The second-order valence-corrected chi connectivity index (χ2v) is 5.64. The highest BCUT2D eigenvalue weighted by atomic mass is 16.3. The third-order valence-corrected chi connectivity index (χ3v) is 3.70. The molecule has 0 aromatic carbocycles. The highest BCUT2D eigenvalue weighted by Gasteiger charge is 2.28. The van der Waals surface area contributed by atoms with Gasteiger partial charge in [0.2, 0.25) is 0 Å². The summed E-state index contributed by atoms with van der Waals surface area (Å²) in [5.41, 5.74) is 0.0338. The molecule has 0 aliphatic carbocycles. The van der Waals surface area contributed by atoms with Gasteiger partial charge in [-0.3, -0.25) is 0 Å². The van der Waals surface area contributed by atoms with E-state index in [2.05, 4.69) is 18.7 Å². The molecule has 1 heterocycles. The molecule has 16 heavy (non-hydrogen) atoms. The predicted molar refractivity (Wildman–Crippen MR) is 66.4 cm³/mol. The maximum Gasteiger partial charge on any atom is 0.0497 e. The van der Waals surface area contributed by atoms with Gasteiger partial charge >= 0.3 is 0 Å². The van der Waals surface area contributed by atoms with Crippen LogP contribution < -0.4 is 0 Å². The van der Waals surface area contributed by atoms with Crippen LogP contribution in [0.1, 0.15) is 39.5 Å². The minimum absolute atomic E-state index is 0.0338. The van der Waals surface area contributed by atoms with E-state index in [0.717, 1.165) is 38.9 Å². The number of aliphatic hydroxyl groups excluding tert-OH is 2. The van der Waals surface area contributed by atoms with Crippen LogP contribution in [0.15, 0.2) is 0 Å². The summed E-state index contributed by atoms with van der Waals surface area (Å²) in [6.07, 6.45) is 4.52. The molecule has 1 rings (SSSR count). The van der Waals surface area contributed by atoms with E-state index < -0.39 is 0 Å². The summed E-state index contributed by atoms with van der Waals surface area (Å²) in [5.74, 6) is 0.443. The number of nitrogens with zero attached hydrogens (tertiary/aromatic N) is 1. The van der Waals surface area contributed by atoms with Gasteiger partial charge in [-0.25, -0.2) is 0 Å². The Hall–Kier alpha value is -0.120. The van der Waals surface area contributed by atoms with Crippen molar-refractivity contribution in [2.75, 3.05) is 32.8 Å². The molecule has 0 amide bonds. The molecule has 3 heteroatoms. The molecule has 96 valence electrons. The van der Waals surface area contributed by atoms with E-state index in [-0.39, 0.29) is 12.0 Å². The van der Waals surface area contributed by atoms with Gasteiger partial charge in [0.25, 0.3) is 0 Å². The SMILES string of the molecule is CCCC(C)(CO)CN1CCCC(CO)C1. The fourth-order valence-corrected chi connectivity index (χ4v) is 2.80. The average Bonchev–Trinajstić information content (AvgIpc) is 2.29. The molecule has 1 fully saturated rings. The zero-order valence-electron chi connectivity index (χ0n) is 10.8. The van der Waals surface area contributed by atoms with Crippen LogP contribution in [0.2, 0.25) is 0 Å². The zero-order chi connectivity index (χ0) is 12.0. The van der Waals surface area contributed by atoms with Crippen LogP contribution in [-0.2, 0) is 0 Å². The molecule has 2 unspecified atom stereocenters. The van der Waals surface area contributed by atoms with Crippen molar-refractivity contribution < 1.29 is 10.2 Å². The fourth-order valence-electron chi connectivity index (χ4n) is 2.80. The zero-order valence-corrected chi connectivity index (χ0v) is 10.8. The summed E-state index contributed by atoms with van der Waals surface area (Å²) in [7, 11) is 0. The first kappa shape index (κ1) is 13.9. The van der Waals surface area contributed by atoms with E-state index in [9.17, 15) is 10.2 Å². The van der Waals surface area contributed by atoms with Crippen molar-refractivity contribution in [1.29, 1.82) is 0 Å². The van der Waals surface area contributed by atoms with Crippen LogP contribution in [0.5, 0.6) is 0 Å². The lowest BCUT2D eigenvalue weighted by atomic mass is 9.85. The van der Waals surface area contributed by atoms with Crippen LogP contribution in [0.3, 0.4) is 0 Å². The second-order valence-electron chi connectivity index (χ2n) is 5.64. The van der Waals surface area contributed by atoms with Gasteiger partial charge < -0.3 is 15.1 Å². The van der Waals surface area contributed by atoms with Crippen LogP contribution in [0.25, 0.3) is 0 Å². The summed E-state index contributed by atoms with van der Waals surface area (Å²) in [6, 6.07) is 0. The second kappa shape index (κ2) is 6.58. The Morgan fingerprint density at radius 1 is 1.38 bits per heavy atom. The summed E-state index contributed by atoms with van der Waals surface area (Å²) >= 11 is 0. The van der Waals surface area contributed by atoms with Gasteiger partial charge in [0.1, 0.15) is 0 Å². The van der Waals surface area contributed by atoms with E-state index in [1.54, 1.807) is 0 Å². The third-order valence-electron chi connectivity index (χ3n) is 3.70. The monoisotopic (exact) mass is 229 g/mol. The first-order valence-corrected chi connectivity index (χ1v) is 6.57. The lowest BCUT2D eigenvalue weighted by Gasteiger charge is -2.38. The Bertz CT molecular complexity index is 198. The normalized spacial score (nSPS) is 26.6. The average molecular weight is 229 g/mol. The summed E-state index contributed by atoms with van der Waals surface area (Å²) < 4.78 is 0. The van der Waals surface area contributed by atoms with Gasteiger partial charge in [-0.15, -0.1) is 0 Å². The topological polar surface area (TPSA) is 43.7 Å². The number of hydrogen-bond acceptors (Lipinski definition) is 3. The minimum Gasteiger partial charge on any atom is -0.396 e. The van der Waals surface area contributed by atoms with E-state index in [1.807, 2.05) is 0 Å². The molecule has 1 saturated heterocycles. The highest BCUT2D eigenvalue weighted by Crippen LogP contribution is 2.26. The largest absolute Gasteiger partial charge is 0.396 e. The Morgan fingerprint density at radius 3 is 2.69 bits per heavy atom. The lowest BCUT2D eigenvalue weighted by Crippen LogP contribution is -2.44. The van der Waals surface area contributed by atoms with Crippen molar-refractivity contribution in [2.24, 2.45) is 11.3 Å². The van der Waals surface area contributed by atoms with Gasteiger partial charge in [-0.05, 0) is 31.7 Å². The van der Waals surface area contributed by atoms with E-state index in [0.29, 0.717) is 12.5 Å². The molecular formula is C13H27NO2. The molecule has 2 atom stereocenters. The number of hydrogen-bond donors (Lipinski definition) is 2. The molecule has 0 bridgehead atoms. The van der Waals surface area contributed by atoms with Gasteiger partial charge in [-0.1, -0.05) is 20.3 Å². The Balaban J connectivity index is 2.44. The van der Waals surface area contributed by atoms with Crippen LogP contribution in [0.4, 0.5) is 0 Å². The van der Waals surface area contributed by atoms with Crippen molar-refractivity contribution in [3.05, 3.63) is 0 Å². The van der Waals surface area contributed by atoms with Crippen LogP contribution in [-0.4, -0.2) is 48.0 Å². The lowest BCUT2D eigenvalue weighted by molar-refractivity contribution is 0.0473. The van der Waals surface area contributed by atoms with E-state index in [1.165, 1.54) is 6.42 Å². The van der Waals surface area contributed by atoms with Crippen molar-refractivity contribution in [3.63, 3.8) is 0 Å². The molecule has 1 aliphatic rings. The van der Waals surface area contributed by atoms with Gasteiger partial charge in [0, 0.05) is 31.7 Å². The summed E-state index contributed by atoms with van der Waals surface area (Å²) in [5, 5.41) is 18.7. The molecule has 0 aromatic heterocycles. The summed E-state index contributed by atoms with van der Waals surface area (Å²) in [4.78, 5) is 2.41. The van der Waals surface area contributed by atoms with Gasteiger partial charge in [0.15, 0.2) is 0 Å². The highest BCUT2D eigenvalue weighted by molar-refractivity contribution is 4.81. The van der Waals surface area contributed by atoms with Crippen molar-refractivity contribution in [3.8, 4) is 0 Å². The Kier molecular flexibility index (Phi) is 5.73. The van der Waals surface area contributed by atoms with Gasteiger partial charge in [-0.2, -0.15) is 0 Å². The first-order valence-electron chi connectivity index (χ1n) is 6.57. The number of piperidine rings is 1. The van der Waals surface area contributed by atoms with Crippen molar-refractivity contribution in [2.45, 2.75) is 39.5 Å². The molecule has 2 N–H and O–H groups in total. The number of aliphatic hydroxyl groups is 2. The number of likely N-dealkylation sites (tertiary alicyclic amines) is 1. The fraction of sp³-hybridized carbons (Fsp3) is 1.00. The molecule has 0 radical (unpaired) electrons.